The summed E-state index contributed by atoms with van der Waals surface area (Å²) in [6.45, 7) is 3.68. The molecule has 0 bridgehead atoms. The van der Waals surface area contributed by atoms with Crippen LogP contribution in [0.25, 0.3) is 6.08 Å². The number of methoxy groups -OCH3 is 2. The number of rotatable bonds is 9. The van der Waals surface area contributed by atoms with Crippen LogP contribution in [0.5, 0.6) is 11.5 Å². The molecule has 0 aliphatic heterocycles. The number of hydrogen-bond donors (Lipinski definition) is 2. The molecule has 0 radical (unpaired) electrons. The zero-order valence-corrected chi connectivity index (χ0v) is 16.6. The molecule has 1 aromatic rings. The van der Waals surface area contributed by atoms with Gasteiger partial charge in [0.2, 0.25) is 11.8 Å². The van der Waals surface area contributed by atoms with E-state index in [4.69, 9.17) is 15.9 Å². The van der Waals surface area contributed by atoms with Crippen molar-refractivity contribution in [2.75, 3.05) is 20.8 Å². The average Bonchev–Trinajstić information content (AvgIpc) is 2.70. The first kappa shape index (κ1) is 22.6. The van der Waals surface area contributed by atoms with Gasteiger partial charge in [-0.15, -0.1) is 6.42 Å². The van der Waals surface area contributed by atoms with Gasteiger partial charge < -0.3 is 20.1 Å². The third-order valence-corrected chi connectivity index (χ3v) is 3.74. The van der Waals surface area contributed by atoms with E-state index in [1.165, 1.54) is 6.08 Å². The Morgan fingerprint density at radius 3 is 2.57 bits per heavy atom. The molecule has 0 heterocycles. The van der Waals surface area contributed by atoms with Gasteiger partial charge in [0.1, 0.15) is 0 Å². The van der Waals surface area contributed by atoms with E-state index in [1.807, 2.05) is 6.92 Å². The van der Waals surface area contributed by atoms with Gasteiger partial charge in [-0.25, -0.2) is 0 Å². The number of allylic oxidation sites excluding steroid dienone is 3. The van der Waals surface area contributed by atoms with E-state index in [0.717, 1.165) is 5.56 Å². The lowest BCUT2D eigenvalue weighted by Crippen LogP contribution is -2.39. The zero-order valence-electron chi connectivity index (χ0n) is 16.6. The van der Waals surface area contributed by atoms with Gasteiger partial charge in [0.25, 0.3) is 0 Å². The Kier molecular flexibility index (Phi) is 9.70. The fourth-order valence-corrected chi connectivity index (χ4v) is 2.32. The predicted molar refractivity (Wildman–Crippen MR) is 111 cm³/mol. The summed E-state index contributed by atoms with van der Waals surface area (Å²) in [6.07, 6.45) is 13.4. The number of carbonyl (C=O) groups is 2. The summed E-state index contributed by atoms with van der Waals surface area (Å²) >= 11 is 0. The molecule has 2 N–H and O–H groups in total. The maximum Gasteiger partial charge on any atom is 0.250 e. The molecule has 148 valence electrons. The van der Waals surface area contributed by atoms with Crippen LogP contribution in [0, 0.1) is 12.3 Å². The Hall–Kier alpha value is -3.46. The molecule has 2 amide bonds. The lowest BCUT2D eigenvalue weighted by molar-refractivity contribution is -0.118. The average molecular weight is 382 g/mol. The third kappa shape index (κ3) is 7.04. The third-order valence-electron chi connectivity index (χ3n) is 3.74. The van der Waals surface area contributed by atoms with Crippen LogP contribution in [0.15, 0.2) is 48.1 Å². The largest absolute Gasteiger partial charge is 0.493 e. The standard InChI is InChI=1S/C22H26N2O4/c1-6-8-9-18(22(26)23-14-7-2)16(3)24-21(25)13-11-17-10-12-19(27-4)20(15-17)28-5/h2,6,8-13,15-16H,14H2,1,3-5H3,(H,23,26)(H,24,25)/b8-6-,13-11+,18-9+. The maximum absolute atomic E-state index is 12.3. The molecule has 0 fully saturated rings. The van der Waals surface area contributed by atoms with Crippen molar-refractivity contribution in [1.29, 1.82) is 0 Å². The van der Waals surface area contributed by atoms with Gasteiger partial charge in [0, 0.05) is 11.6 Å². The highest BCUT2D eigenvalue weighted by Crippen LogP contribution is 2.27. The second-order valence-electron chi connectivity index (χ2n) is 5.71. The Morgan fingerprint density at radius 1 is 1.25 bits per heavy atom. The molecule has 6 heteroatoms. The highest BCUT2D eigenvalue weighted by atomic mass is 16.5. The molecule has 0 aliphatic rings. The predicted octanol–water partition coefficient (Wildman–Crippen LogP) is 2.47. The Bertz CT molecular complexity index is 816. The van der Waals surface area contributed by atoms with E-state index in [2.05, 4.69) is 16.6 Å². The Labute approximate surface area is 166 Å². The molecule has 1 rings (SSSR count). The van der Waals surface area contributed by atoms with Crippen LogP contribution in [0.2, 0.25) is 0 Å². The summed E-state index contributed by atoms with van der Waals surface area (Å²) in [7, 11) is 3.10. The molecule has 0 saturated heterocycles. The van der Waals surface area contributed by atoms with Crippen LogP contribution in [0.3, 0.4) is 0 Å². The van der Waals surface area contributed by atoms with E-state index < -0.39 is 6.04 Å². The summed E-state index contributed by atoms with van der Waals surface area (Å²) in [5.41, 5.74) is 1.18. The fourth-order valence-electron chi connectivity index (χ4n) is 2.32. The summed E-state index contributed by atoms with van der Waals surface area (Å²) in [5, 5.41) is 5.38. The molecular formula is C22H26N2O4. The first-order valence-corrected chi connectivity index (χ1v) is 8.71. The van der Waals surface area contributed by atoms with Gasteiger partial charge >= 0.3 is 0 Å². The van der Waals surface area contributed by atoms with Crippen LogP contribution in [0.1, 0.15) is 19.4 Å². The fraction of sp³-hybridized carbons (Fsp3) is 0.273. The summed E-state index contributed by atoms with van der Waals surface area (Å²) in [6, 6.07) is 4.82. The second kappa shape index (κ2) is 12.0. The highest BCUT2D eigenvalue weighted by molar-refractivity contribution is 5.97. The number of carbonyl (C=O) groups excluding carboxylic acids is 2. The molecule has 1 unspecified atom stereocenters. The first-order chi connectivity index (χ1) is 13.5. The molecule has 0 spiro atoms. The smallest absolute Gasteiger partial charge is 0.250 e. The SMILES string of the molecule is C#CCNC(=O)/C(=C/C=C\C)C(C)NC(=O)/C=C/c1ccc(OC)c(OC)c1. The van der Waals surface area contributed by atoms with Crippen molar-refractivity contribution < 1.29 is 19.1 Å². The minimum absolute atomic E-state index is 0.117. The normalized spacial score (nSPS) is 12.5. The molecule has 1 aromatic carbocycles. The number of terminal acetylenes is 1. The topological polar surface area (TPSA) is 76.7 Å². The van der Waals surface area contributed by atoms with Crippen molar-refractivity contribution in [3.05, 3.63) is 53.6 Å². The van der Waals surface area contributed by atoms with Gasteiger partial charge in [0.05, 0.1) is 26.8 Å². The number of ether oxygens (including phenoxy) is 2. The molecule has 1 atom stereocenters. The Morgan fingerprint density at radius 2 is 1.96 bits per heavy atom. The van der Waals surface area contributed by atoms with E-state index in [0.29, 0.717) is 17.1 Å². The van der Waals surface area contributed by atoms with E-state index in [1.54, 1.807) is 63.6 Å². The van der Waals surface area contributed by atoms with Crippen molar-refractivity contribution >= 4 is 17.9 Å². The summed E-state index contributed by atoms with van der Waals surface area (Å²) in [5.74, 6) is 2.86. The number of nitrogens with one attached hydrogen (secondary N) is 2. The van der Waals surface area contributed by atoms with Gasteiger partial charge in [-0.05, 0) is 37.6 Å². The van der Waals surface area contributed by atoms with Gasteiger partial charge in [-0.1, -0.05) is 30.2 Å². The van der Waals surface area contributed by atoms with Crippen molar-refractivity contribution in [3.8, 4) is 23.8 Å². The van der Waals surface area contributed by atoms with Crippen molar-refractivity contribution in [2.45, 2.75) is 19.9 Å². The lowest BCUT2D eigenvalue weighted by atomic mass is 10.1. The number of benzene rings is 1. The number of amides is 2. The van der Waals surface area contributed by atoms with Gasteiger partial charge in [-0.2, -0.15) is 0 Å². The van der Waals surface area contributed by atoms with Crippen LogP contribution in [-0.2, 0) is 9.59 Å². The first-order valence-electron chi connectivity index (χ1n) is 8.71. The van der Waals surface area contributed by atoms with E-state index in [-0.39, 0.29) is 18.4 Å². The summed E-state index contributed by atoms with van der Waals surface area (Å²) < 4.78 is 10.4. The molecular weight excluding hydrogens is 356 g/mol. The van der Waals surface area contributed by atoms with Crippen molar-refractivity contribution in [2.24, 2.45) is 0 Å². The van der Waals surface area contributed by atoms with Crippen LogP contribution in [0.4, 0.5) is 0 Å². The Balaban J connectivity index is 2.85. The quantitative estimate of drug-likeness (QED) is 0.391. The minimum atomic E-state index is -0.503. The van der Waals surface area contributed by atoms with E-state index >= 15 is 0 Å². The van der Waals surface area contributed by atoms with Crippen LogP contribution < -0.4 is 20.1 Å². The van der Waals surface area contributed by atoms with Gasteiger partial charge in [-0.3, -0.25) is 9.59 Å². The number of hydrogen-bond acceptors (Lipinski definition) is 4. The lowest BCUT2D eigenvalue weighted by Gasteiger charge is -2.16. The minimum Gasteiger partial charge on any atom is -0.493 e. The molecule has 28 heavy (non-hydrogen) atoms. The van der Waals surface area contributed by atoms with Crippen LogP contribution in [-0.4, -0.2) is 38.6 Å². The maximum atomic E-state index is 12.3. The molecule has 0 aliphatic carbocycles. The van der Waals surface area contributed by atoms with Gasteiger partial charge in [0.15, 0.2) is 11.5 Å². The molecule has 0 saturated carbocycles. The van der Waals surface area contributed by atoms with Crippen molar-refractivity contribution in [3.63, 3.8) is 0 Å². The monoisotopic (exact) mass is 382 g/mol. The van der Waals surface area contributed by atoms with Crippen LogP contribution >= 0.6 is 0 Å². The highest BCUT2D eigenvalue weighted by Gasteiger charge is 2.17. The zero-order chi connectivity index (χ0) is 20.9. The molecule has 0 aromatic heterocycles. The van der Waals surface area contributed by atoms with E-state index in [9.17, 15) is 9.59 Å². The molecule has 6 nitrogen and oxygen atoms in total. The van der Waals surface area contributed by atoms with Crippen molar-refractivity contribution in [1.82, 2.24) is 10.6 Å². The summed E-state index contributed by atoms with van der Waals surface area (Å²) in [4.78, 5) is 24.5. The second-order valence-corrected chi connectivity index (χ2v) is 5.71.